The SMILES string of the molecule is CCCN(CCC)C(=O)c1cncc(NCc2ccccc2OC)c1. The fourth-order valence-corrected chi connectivity index (χ4v) is 2.74. The number of methoxy groups -OCH3 is 1. The molecular formula is C20H27N3O2. The van der Waals surface area contributed by atoms with Gasteiger partial charge in [0.2, 0.25) is 0 Å². The molecule has 0 saturated heterocycles. The second kappa shape index (κ2) is 9.67. The van der Waals surface area contributed by atoms with Gasteiger partial charge in [-0.05, 0) is 25.0 Å². The van der Waals surface area contributed by atoms with Gasteiger partial charge in [-0.1, -0.05) is 32.0 Å². The highest BCUT2D eigenvalue weighted by molar-refractivity contribution is 5.94. The lowest BCUT2D eigenvalue weighted by molar-refractivity contribution is 0.0755. The van der Waals surface area contributed by atoms with Gasteiger partial charge in [0.25, 0.3) is 5.91 Å². The number of amides is 1. The van der Waals surface area contributed by atoms with Gasteiger partial charge in [-0.25, -0.2) is 0 Å². The Balaban J connectivity index is 2.09. The molecule has 2 rings (SSSR count). The van der Waals surface area contributed by atoms with E-state index >= 15 is 0 Å². The Bertz CT molecular complexity index is 682. The summed E-state index contributed by atoms with van der Waals surface area (Å²) in [6.07, 6.45) is 5.26. The predicted octanol–water partition coefficient (Wildman–Crippen LogP) is 3.96. The molecule has 0 atom stereocenters. The lowest BCUT2D eigenvalue weighted by Crippen LogP contribution is -2.32. The Morgan fingerprint density at radius 3 is 2.56 bits per heavy atom. The highest BCUT2D eigenvalue weighted by Crippen LogP contribution is 2.19. The maximum absolute atomic E-state index is 12.7. The van der Waals surface area contributed by atoms with Crippen LogP contribution in [0.2, 0.25) is 0 Å². The van der Waals surface area contributed by atoms with Crippen LogP contribution in [0.15, 0.2) is 42.7 Å². The van der Waals surface area contributed by atoms with Gasteiger partial charge in [0.15, 0.2) is 0 Å². The fourth-order valence-electron chi connectivity index (χ4n) is 2.74. The van der Waals surface area contributed by atoms with Crippen LogP contribution in [0.5, 0.6) is 5.75 Å². The Kier molecular flexibility index (Phi) is 7.26. The molecule has 2 aromatic rings. The Hall–Kier alpha value is -2.56. The minimum absolute atomic E-state index is 0.0390. The standard InChI is InChI=1S/C20H27N3O2/c1-4-10-23(11-5-2)20(24)17-12-18(15-21-13-17)22-14-16-8-6-7-9-19(16)25-3/h6-9,12-13,15,22H,4-5,10-11,14H2,1-3H3. The summed E-state index contributed by atoms with van der Waals surface area (Å²) in [7, 11) is 1.66. The highest BCUT2D eigenvalue weighted by atomic mass is 16.5. The van der Waals surface area contributed by atoms with Crippen molar-refractivity contribution >= 4 is 11.6 Å². The van der Waals surface area contributed by atoms with Crippen LogP contribution in [0.25, 0.3) is 0 Å². The first-order valence-corrected chi connectivity index (χ1v) is 8.79. The zero-order chi connectivity index (χ0) is 18.1. The summed E-state index contributed by atoms with van der Waals surface area (Å²) in [5.41, 5.74) is 2.50. The Morgan fingerprint density at radius 1 is 1.16 bits per heavy atom. The molecule has 5 nitrogen and oxygen atoms in total. The third-order valence-electron chi connectivity index (χ3n) is 3.93. The molecule has 0 fully saturated rings. The molecule has 134 valence electrons. The van der Waals surface area contributed by atoms with Gasteiger partial charge < -0.3 is 15.0 Å². The molecular weight excluding hydrogens is 314 g/mol. The maximum Gasteiger partial charge on any atom is 0.255 e. The average molecular weight is 341 g/mol. The maximum atomic E-state index is 12.7. The Labute approximate surface area is 150 Å². The van der Waals surface area contributed by atoms with Crippen LogP contribution < -0.4 is 10.1 Å². The smallest absolute Gasteiger partial charge is 0.255 e. The van der Waals surface area contributed by atoms with E-state index in [1.165, 1.54) is 0 Å². The number of benzene rings is 1. The van der Waals surface area contributed by atoms with Gasteiger partial charge in [-0.3, -0.25) is 9.78 Å². The zero-order valence-electron chi connectivity index (χ0n) is 15.3. The lowest BCUT2D eigenvalue weighted by atomic mass is 10.2. The number of pyridine rings is 1. The molecule has 0 aliphatic carbocycles. The van der Waals surface area contributed by atoms with E-state index in [4.69, 9.17) is 4.74 Å². The van der Waals surface area contributed by atoms with Crippen LogP contribution in [0, 0.1) is 0 Å². The molecule has 1 amide bonds. The number of ether oxygens (including phenoxy) is 1. The lowest BCUT2D eigenvalue weighted by Gasteiger charge is -2.21. The molecule has 1 aromatic heterocycles. The molecule has 0 saturated carbocycles. The number of hydrogen-bond acceptors (Lipinski definition) is 4. The minimum atomic E-state index is 0.0390. The van der Waals surface area contributed by atoms with Crippen LogP contribution >= 0.6 is 0 Å². The number of para-hydroxylation sites is 1. The second-order valence-corrected chi connectivity index (χ2v) is 5.92. The van der Waals surface area contributed by atoms with Crippen molar-refractivity contribution < 1.29 is 9.53 Å². The molecule has 1 aromatic carbocycles. The van der Waals surface area contributed by atoms with Gasteiger partial charge in [0, 0.05) is 37.6 Å². The number of nitrogens with zero attached hydrogens (tertiary/aromatic N) is 2. The van der Waals surface area contributed by atoms with Gasteiger partial charge in [-0.15, -0.1) is 0 Å². The van der Waals surface area contributed by atoms with E-state index < -0.39 is 0 Å². The quantitative estimate of drug-likeness (QED) is 0.750. The zero-order valence-corrected chi connectivity index (χ0v) is 15.3. The van der Waals surface area contributed by atoms with Crippen LogP contribution in [0.3, 0.4) is 0 Å². The Morgan fingerprint density at radius 2 is 1.88 bits per heavy atom. The van der Waals surface area contributed by atoms with Crippen LogP contribution in [0.4, 0.5) is 5.69 Å². The van der Waals surface area contributed by atoms with E-state index in [2.05, 4.69) is 24.1 Å². The number of aromatic nitrogens is 1. The largest absolute Gasteiger partial charge is 0.496 e. The first-order valence-electron chi connectivity index (χ1n) is 8.79. The van der Waals surface area contributed by atoms with Crippen LogP contribution in [-0.4, -0.2) is 36.0 Å². The topological polar surface area (TPSA) is 54.5 Å². The van der Waals surface area contributed by atoms with E-state index in [9.17, 15) is 4.79 Å². The fraction of sp³-hybridized carbons (Fsp3) is 0.400. The van der Waals surface area contributed by atoms with E-state index in [1.54, 1.807) is 19.5 Å². The minimum Gasteiger partial charge on any atom is -0.496 e. The molecule has 25 heavy (non-hydrogen) atoms. The summed E-state index contributed by atoms with van der Waals surface area (Å²) in [6.45, 7) is 6.31. The van der Waals surface area contributed by atoms with E-state index in [-0.39, 0.29) is 5.91 Å². The molecule has 0 aliphatic rings. The molecule has 0 aliphatic heterocycles. The third kappa shape index (κ3) is 5.21. The van der Waals surface area contributed by atoms with Crippen molar-refractivity contribution in [2.75, 3.05) is 25.5 Å². The molecule has 0 spiro atoms. The molecule has 5 heteroatoms. The molecule has 1 heterocycles. The van der Waals surface area contributed by atoms with Crippen LogP contribution in [-0.2, 0) is 6.54 Å². The monoisotopic (exact) mass is 341 g/mol. The van der Waals surface area contributed by atoms with Crippen molar-refractivity contribution in [3.05, 3.63) is 53.9 Å². The first-order chi connectivity index (χ1) is 12.2. The molecule has 0 bridgehead atoms. The number of hydrogen-bond donors (Lipinski definition) is 1. The number of anilines is 1. The predicted molar refractivity (Wildman–Crippen MR) is 101 cm³/mol. The highest BCUT2D eigenvalue weighted by Gasteiger charge is 2.15. The van der Waals surface area contributed by atoms with Crippen molar-refractivity contribution in [2.24, 2.45) is 0 Å². The normalized spacial score (nSPS) is 10.4. The van der Waals surface area contributed by atoms with Gasteiger partial charge >= 0.3 is 0 Å². The van der Waals surface area contributed by atoms with Crippen molar-refractivity contribution in [1.82, 2.24) is 9.88 Å². The van der Waals surface area contributed by atoms with E-state index in [0.717, 1.165) is 42.9 Å². The summed E-state index contributed by atoms with van der Waals surface area (Å²) in [5.74, 6) is 0.879. The number of nitrogens with one attached hydrogen (secondary N) is 1. The summed E-state index contributed by atoms with van der Waals surface area (Å²) in [5, 5.41) is 3.32. The van der Waals surface area contributed by atoms with Crippen molar-refractivity contribution in [3.8, 4) is 5.75 Å². The van der Waals surface area contributed by atoms with Crippen LogP contribution in [0.1, 0.15) is 42.6 Å². The third-order valence-corrected chi connectivity index (χ3v) is 3.93. The molecule has 0 unspecified atom stereocenters. The number of carbonyl (C=O) groups excluding carboxylic acids is 1. The summed E-state index contributed by atoms with van der Waals surface area (Å²) in [6, 6.07) is 9.73. The summed E-state index contributed by atoms with van der Waals surface area (Å²) >= 11 is 0. The van der Waals surface area contributed by atoms with E-state index in [0.29, 0.717) is 12.1 Å². The van der Waals surface area contributed by atoms with E-state index in [1.807, 2.05) is 35.2 Å². The van der Waals surface area contributed by atoms with Gasteiger partial charge in [0.1, 0.15) is 5.75 Å². The average Bonchev–Trinajstić information content (AvgIpc) is 2.66. The number of carbonyl (C=O) groups is 1. The molecule has 1 N–H and O–H groups in total. The van der Waals surface area contributed by atoms with Crippen molar-refractivity contribution in [3.63, 3.8) is 0 Å². The molecule has 0 radical (unpaired) electrons. The van der Waals surface area contributed by atoms with Gasteiger partial charge in [0.05, 0.1) is 18.4 Å². The summed E-state index contributed by atoms with van der Waals surface area (Å²) < 4.78 is 5.36. The number of rotatable bonds is 9. The van der Waals surface area contributed by atoms with Gasteiger partial charge in [-0.2, -0.15) is 0 Å². The van der Waals surface area contributed by atoms with Crippen molar-refractivity contribution in [1.29, 1.82) is 0 Å². The first kappa shape index (κ1) is 18.8. The van der Waals surface area contributed by atoms with Crippen molar-refractivity contribution in [2.45, 2.75) is 33.2 Å². The second-order valence-electron chi connectivity index (χ2n) is 5.92. The summed E-state index contributed by atoms with van der Waals surface area (Å²) in [4.78, 5) is 18.8.